The average molecular weight is 299 g/mol. The summed E-state index contributed by atoms with van der Waals surface area (Å²) in [5, 5.41) is 24.2. The van der Waals surface area contributed by atoms with E-state index in [1.165, 1.54) is 12.3 Å². The SMILES string of the molecule is CC(C)O.CC(C)O.CC(C)O.CC[C-](C)C.[Ti]. The molecule has 4 heteroatoms. The Labute approximate surface area is 130 Å². The van der Waals surface area contributed by atoms with E-state index < -0.39 is 0 Å². The zero-order valence-corrected chi connectivity index (χ0v) is 15.3. The third-order valence-corrected chi connectivity index (χ3v) is 0.707. The summed E-state index contributed by atoms with van der Waals surface area (Å²) >= 11 is 0. The van der Waals surface area contributed by atoms with Gasteiger partial charge in [0.05, 0.1) is 0 Å². The zero-order chi connectivity index (χ0) is 15.0. The van der Waals surface area contributed by atoms with Gasteiger partial charge in [-0.05, 0) is 41.5 Å². The quantitative estimate of drug-likeness (QED) is 0.515. The van der Waals surface area contributed by atoms with E-state index in [0.29, 0.717) is 0 Å². The van der Waals surface area contributed by atoms with Crippen LogP contribution < -0.4 is 0 Å². The van der Waals surface area contributed by atoms with E-state index in [9.17, 15) is 0 Å². The molecule has 3 N–H and O–H groups in total. The molecule has 0 spiro atoms. The molecule has 0 aliphatic heterocycles. The minimum absolute atomic E-state index is 0. The Morgan fingerprint density at radius 1 is 0.722 bits per heavy atom. The van der Waals surface area contributed by atoms with Crippen molar-refractivity contribution in [2.75, 3.05) is 0 Å². The van der Waals surface area contributed by atoms with Crippen LogP contribution in [0.3, 0.4) is 0 Å². The van der Waals surface area contributed by atoms with Crippen LogP contribution in [0, 0.1) is 5.92 Å². The molecule has 0 amide bonds. The van der Waals surface area contributed by atoms with Gasteiger partial charge in [-0.1, -0.05) is 6.92 Å². The zero-order valence-electron chi connectivity index (χ0n) is 13.8. The minimum atomic E-state index is -0.167. The maximum absolute atomic E-state index is 8.06. The van der Waals surface area contributed by atoms with Gasteiger partial charge in [-0.15, -0.1) is 0 Å². The second-order valence-corrected chi connectivity index (χ2v) is 4.84. The molecule has 0 saturated carbocycles. The molecule has 0 fully saturated rings. The van der Waals surface area contributed by atoms with Crippen molar-refractivity contribution in [1.82, 2.24) is 0 Å². The van der Waals surface area contributed by atoms with Gasteiger partial charge in [-0.25, -0.2) is 0 Å². The number of hydrogen-bond donors (Lipinski definition) is 3. The molecule has 0 radical (unpaired) electrons. The molecule has 0 aromatic rings. The first-order valence-corrected chi connectivity index (χ1v) is 6.30. The van der Waals surface area contributed by atoms with E-state index >= 15 is 0 Å². The number of hydrogen-bond acceptors (Lipinski definition) is 3. The first-order chi connectivity index (χ1) is 7.47. The molecule has 0 aliphatic carbocycles. The molecule has 114 valence electrons. The standard InChI is InChI=1S/C5H11.3C3H8O.Ti/c1-4-5(2)3;3*1-3(2)4;/h4H2,1-3H3;3*3-4H,1-2H3;/q-1;;;;. The molecule has 0 heterocycles. The van der Waals surface area contributed by atoms with Crippen LogP contribution in [0.25, 0.3) is 0 Å². The summed E-state index contributed by atoms with van der Waals surface area (Å²) in [7, 11) is 0. The van der Waals surface area contributed by atoms with Gasteiger partial charge in [0.1, 0.15) is 0 Å². The van der Waals surface area contributed by atoms with Crippen LogP contribution in [0.1, 0.15) is 68.7 Å². The Morgan fingerprint density at radius 3 is 0.778 bits per heavy atom. The fourth-order valence-corrected chi connectivity index (χ4v) is 0. The largest absolute Gasteiger partial charge is 0.394 e. The van der Waals surface area contributed by atoms with Gasteiger partial charge >= 0.3 is 0 Å². The number of rotatable bonds is 1. The Kier molecular flexibility index (Phi) is 45.4. The van der Waals surface area contributed by atoms with Gasteiger partial charge in [-0.2, -0.15) is 20.3 Å². The van der Waals surface area contributed by atoms with Gasteiger partial charge in [0, 0.05) is 40.0 Å². The molecular formula is C14H35O3Ti-. The summed E-state index contributed by atoms with van der Waals surface area (Å²) in [6.45, 7) is 16.8. The van der Waals surface area contributed by atoms with E-state index in [4.69, 9.17) is 15.3 Å². The third-order valence-electron chi connectivity index (χ3n) is 0.707. The van der Waals surface area contributed by atoms with Crippen LogP contribution in [-0.4, -0.2) is 33.6 Å². The van der Waals surface area contributed by atoms with Crippen LogP contribution in [-0.2, 0) is 21.7 Å². The van der Waals surface area contributed by atoms with Gasteiger partial charge in [0.2, 0.25) is 0 Å². The maximum Gasteiger partial charge on any atom is 0.0483 e. The predicted molar refractivity (Wildman–Crippen MR) is 76.9 cm³/mol. The van der Waals surface area contributed by atoms with E-state index in [0.717, 1.165) is 0 Å². The van der Waals surface area contributed by atoms with Crippen molar-refractivity contribution in [1.29, 1.82) is 0 Å². The summed E-state index contributed by atoms with van der Waals surface area (Å²) < 4.78 is 0. The predicted octanol–water partition coefficient (Wildman–Crippen LogP) is 3.17. The Hall–Kier alpha value is 0.594. The Morgan fingerprint density at radius 2 is 0.778 bits per heavy atom. The first-order valence-electron chi connectivity index (χ1n) is 6.30. The van der Waals surface area contributed by atoms with Crippen molar-refractivity contribution in [2.24, 2.45) is 0 Å². The van der Waals surface area contributed by atoms with Crippen molar-refractivity contribution in [3.63, 3.8) is 0 Å². The summed E-state index contributed by atoms with van der Waals surface area (Å²) in [5.41, 5.74) is 0. The van der Waals surface area contributed by atoms with Crippen LogP contribution in [0.4, 0.5) is 0 Å². The summed E-state index contributed by atoms with van der Waals surface area (Å²) in [5.74, 6) is 1.50. The fourth-order valence-electron chi connectivity index (χ4n) is 0. The first kappa shape index (κ1) is 31.1. The van der Waals surface area contributed by atoms with Gasteiger partial charge in [0.25, 0.3) is 0 Å². The Bertz CT molecular complexity index is 82.7. The van der Waals surface area contributed by atoms with Crippen molar-refractivity contribution in [3.05, 3.63) is 5.92 Å². The monoisotopic (exact) mass is 299 g/mol. The van der Waals surface area contributed by atoms with Crippen molar-refractivity contribution < 1.29 is 37.0 Å². The van der Waals surface area contributed by atoms with Gasteiger partial charge < -0.3 is 21.2 Å². The summed E-state index contributed by atoms with van der Waals surface area (Å²) in [4.78, 5) is 0. The number of aliphatic hydroxyl groups excluding tert-OH is 3. The number of aliphatic hydroxyl groups is 3. The molecule has 0 aromatic carbocycles. The molecule has 0 rings (SSSR count). The molecule has 0 aromatic heterocycles. The minimum Gasteiger partial charge on any atom is -0.394 e. The van der Waals surface area contributed by atoms with Gasteiger partial charge in [0.15, 0.2) is 0 Å². The van der Waals surface area contributed by atoms with E-state index in [1.54, 1.807) is 41.5 Å². The second-order valence-electron chi connectivity index (χ2n) is 4.84. The summed E-state index contributed by atoms with van der Waals surface area (Å²) in [6, 6.07) is 0. The van der Waals surface area contributed by atoms with Crippen LogP contribution in [0.15, 0.2) is 0 Å². The second kappa shape index (κ2) is 26.2. The third kappa shape index (κ3) is 600. The molecular weight excluding hydrogens is 264 g/mol. The fraction of sp³-hybridized carbons (Fsp3) is 0.929. The van der Waals surface area contributed by atoms with E-state index in [1.807, 2.05) is 0 Å². The van der Waals surface area contributed by atoms with Crippen molar-refractivity contribution >= 4 is 0 Å². The smallest absolute Gasteiger partial charge is 0.0483 e. The molecule has 0 bridgehead atoms. The normalized spacial score (nSPS) is 8.67. The van der Waals surface area contributed by atoms with Crippen LogP contribution in [0.5, 0.6) is 0 Å². The molecule has 0 unspecified atom stereocenters. The van der Waals surface area contributed by atoms with Crippen LogP contribution >= 0.6 is 0 Å². The molecule has 3 nitrogen and oxygen atoms in total. The van der Waals surface area contributed by atoms with E-state index in [2.05, 4.69) is 20.8 Å². The molecule has 0 saturated heterocycles. The van der Waals surface area contributed by atoms with Crippen molar-refractivity contribution in [3.8, 4) is 0 Å². The van der Waals surface area contributed by atoms with Crippen LogP contribution in [0.2, 0.25) is 0 Å². The maximum atomic E-state index is 8.06. The topological polar surface area (TPSA) is 60.7 Å². The Balaban J connectivity index is -0.0000000412. The average Bonchev–Trinajstić information content (AvgIpc) is 2.00. The molecule has 0 atom stereocenters. The van der Waals surface area contributed by atoms with Gasteiger partial charge in [-0.3, -0.25) is 0 Å². The molecule has 0 aliphatic rings. The molecule has 18 heavy (non-hydrogen) atoms. The van der Waals surface area contributed by atoms with E-state index in [-0.39, 0.29) is 40.0 Å². The van der Waals surface area contributed by atoms with Crippen molar-refractivity contribution in [2.45, 2.75) is 87.0 Å². The summed E-state index contributed by atoms with van der Waals surface area (Å²) in [6.07, 6.45) is 0.722.